The zero-order valence-corrected chi connectivity index (χ0v) is 39.9. The van der Waals surface area contributed by atoms with E-state index in [9.17, 15) is 75.7 Å². The highest BCUT2D eigenvalue weighted by atomic mass is 16.8. The maximum absolute atomic E-state index is 14.5. The van der Waals surface area contributed by atoms with E-state index in [2.05, 4.69) is 0 Å². The number of phenolic OH excluding ortho intramolecular Hbond substituents is 3. The number of aliphatic hydroxyl groups is 9. The zero-order chi connectivity index (χ0) is 54.2. The molecule has 4 aliphatic heterocycles. The predicted octanol–water partition coefficient (Wildman–Crippen LogP) is -1.89. The van der Waals surface area contributed by atoms with Crippen LogP contribution in [-0.2, 0) is 47.5 Å². The molecule has 26 nitrogen and oxygen atoms in total. The van der Waals surface area contributed by atoms with E-state index in [0.29, 0.717) is 5.56 Å². The van der Waals surface area contributed by atoms with Gasteiger partial charge in [0.2, 0.25) is 23.8 Å². The number of esters is 2. The topological polar surface area (TPSA) is 399 Å². The maximum atomic E-state index is 14.5. The van der Waals surface area contributed by atoms with Gasteiger partial charge in [0.05, 0.1) is 25.4 Å². The lowest BCUT2D eigenvalue weighted by atomic mass is 9.98. The van der Waals surface area contributed by atoms with Crippen LogP contribution >= 0.6 is 0 Å². The van der Waals surface area contributed by atoms with E-state index in [1.54, 1.807) is 0 Å². The van der Waals surface area contributed by atoms with Crippen LogP contribution in [0, 0.1) is 0 Å². The Morgan fingerprint density at radius 1 is 0.653 bits per heavy atom. The lowest BCUT2D eigenvalue weighted by molar-refractivity contribution is -0.352. The molecular weight excluding hydrogens is 1000 g/mol. The number of aromatic hydroxyl groups is 3. The number of phenols is 3. The van der Waals surface area contributed by atoms with Gasteiger partial charge in [0.15, 0.2) is 30.5 Å². The second-order valence-electron chi connectivity index (χ2n) is 18.2. The van der Waals surface area contributed by atoms with Gasteiger partial charge < -0.3 is 113 Å². The lowest BCUT2D eigenvalue weighted by Crippen LogP contribution is -2.64. The average molecular weight is 1060 g/mol. The molecule has 4 aromatic rings. The Balaban J connectivity index is 1.06. The summed E-state index contributed by atoms with van der Waals surface area (Å²) in [5.41, 5.74) is -0.925. The Kier molecular flexibility index (Phi) is 17.0. The molecule has 1 aromatic heterocycles. The van der Waals surface area contributed by atoms with Crippen LogP contribution in [0.25, 0.3) is 28.4 Å². The summed E-state index contributed by atoms with van der Waals surface area (Å²) in [5.74, 6) is -4.21. The van der Waals surface area contributed by atoms with Crippen molar-refractivity contribution in [3.63, 3.8) is 0 Å². The molecule has 8 rings (SSSR count). The third kappa shape index (κ3) is 12.0. The van der Waals surface area contributed by atoms with Crippen LogP contribution in [0.4, 0.5) is 0 Å². The van der Waals surface area contributed by atoms with Gasteiger partial charge >= 0.3 is 11.9 Å². The lowest BCUT2D eigenvalue weighted by Gasteiger charge is -2.46. The molecule has 5 heterocycles. The summed E-state index contributed by atoms with van der Waals surface area (Å²) in [6, 6.07) is 12.9. The Hall–Kier alpha value is -6.05. The van der Waals surface area contributed by atoms with Crippen LogP contribution < -0.4 is 14.9 Å². The molecule has 4 fully saturated rings. The smallest absolute Gasteiger partial charge is 0.331 e. The van der Waals surface area contributed by atoms with E-state index in [4.69, 9.17) is 51.8 Å². The standard InChI is InChI=1S/C49H56O26/c1-18-32(56)43(74-46-38(62)33(57)27(54)16-65-46)45(73-30(55)13-6-21-4-9-23(51)10-5-21)49(67-18)66-17-29-34(58)36(60)39(63)48(72-29)75-44-35(59)31-26(53)14-25(15-28(31)71-42(44)22-7-11-24(52)12-8-22)70-47-40(64)37(61)41(19(2)68-47)69-20(3)50/h4-15,18-19,27,29,32-34,36-41,43,45-49,51-54,56-58,60-64H,16-17H2,1-3H3. The largest absolute Gasteiger partial charge is 0.508 e. The van der Waals surface area contributed by atoms with E-state index in [1.165, 1.54) is 68.5 Å². The monoisotopic (exact) mass is 1060 g/mol. The number of carbonyl (C=O) groups excluding carboxylic acids is 2. The van der Waals surface area contributed by atoms with Crippen molar-refractivity contribution in [2.45, 2.75) is 137 Å². The molecule has 0 aliphatic carbocycles. The molecule has 0 bridgehead atoms. The fraction of sp³-hybridized carbons (Fsp3) is 0.490. The number of carbonyl (C=O) groups is 2. The predicted molar refractivity (Wildman–Crippen MR) is 247 cm³/mol. The van der Waals surface area contributed by atoms with E-state index in [-0.39, 0.29) is 28.4 Å². The van der Waals surface area contributed by atoms with Crippen LogP contribution in [0.2, 0.25) is 0 Å². The summed E-state index contributed by atoms with van der Waals surface area (Å²) in [4.78, 5) is 39.4. The van der Waals surface area contributed by atoms with Gasteiger partial charge in [-0.15, -0.1) is 0 Å². The molecule has 408 valence electrons. The van der Waals surface area contributed by atoms with Gasteiger partial charge in [-0.3, -0.25) is 9.59 Å². The number of benzene rings is 3. The first-order valence-corrected chi connectivity index (χ1v) is 23.4. The van der Waals surface area contributed by atoms with Crippen molar-refractivity contribution in [2.24, 2.45) is 0 Å². The summed E-state index contributed by atoms with van der Waals surface area (Å²) in [7, 11) is 0. The molecule has 19 unspecified atom stereocenters. The van der Waals surface area contributed by atoms with Crippen molar-refractivity contribution in [1.29, 1.82) is 0 Å². The fourth-order valence-corrected chi connectivity index (χ4v) is 8.66. The highest BCUT2D eigenvalue weighted by molar-refractivity contribution is 5.88. The summed E-state index contributed by atoms with van der Waals surface area (Å²) in [5, 5.41) is 128. The van der Waals surface area contributed by atoms with Crippen molar-refractivity contribution in [1.82, 2.24) is 0 Å². The highest BCUT2D eigenvalue weighted by Crippen LogP contribution is 2.39. The van der Waals surface area contributed by atoms with Crippen LogP contribution in [0.15, 0.2) is 76.0 Å². The second kappa shape index (κ2) is 23.1. The quantitative estimate of drug-likeness (QED) is 0.0485. The molecule has 12 N–H and O–H groups in total. The second-order valence-corrected chi connectivity index (χ2v) is 18.2. The Labute approximate surface area is 424 Å². The summed E-state index contributed by atoms with van der Waals surface area (Å²) < 4.78 is 63.4. The van der Waals surface area contributed by atoms with E-state index in [1.807, 2.05) is 0 Å². The minimum absolute atomic E-state index is 0.0409. The van der Waals surface area contributed by atoms with Crippen molar-refractivity contribution in [2.75, 3.05) is 13.2 Å². The molecule has 75 heavy (non-hydrogen) atoms. The number of ether oxygens (including phenoxy) is 10. The molecule has 4 aliphatic rings. The molecule has 0 amide bonds. The normalized spacial score (nSPS) is 35.2. The Bertz CT molecular complexity index is 2710. The average Bonchev–Trinajstić information content (AvgIpc) is 3.37. The van der Waals surface area contributed by atoms with Crippen LogP contribution in [0.3, 0.4) is 0 Å². The minimum atomic E-state index is -2.12. The van der Waals surface area contributed by atoms with Gasteiger partial charge in [-0.05, 0) is 61.9 Å². The number of fused-ring (bicyclic) bond motifs is 1. The van der Waals surface area contributed by atoms with Crippen molar-refractivity contribution >= 4 is 29.0 Å². The molecular formula is C49H56O26. The van der Waals surface area contributed by atoms with Crippen LogP contribution in [0.1, 0.15) is 26.3 Å². The van der Waals surface area contributed by atoms with Gasteiger partial charge in [0.25, 0.3) is 0 Å². The first-order chi connectivity index (χ1) is 35.6. The number of rotatable bonds is 14. The van der Waals surface area contributed by atoms with Gasteiger partial charge in [0.1, 0.15) is 101 Å². The number of hydrogen-bond donors (Lipinski definition) is 12. The van der Waals surface area contributed by atoms with Crippen LogP contribution in [0.5, 0.6) is 28.7 Å². The zero-order valence-electron chi connectivity index (χ0n) is 39.9. The highest BCUT2D eigenvalue weighted by Gasteiger charge is 2.52. The van der Waals surface area contributed by atoms with E-state index < -0.39 is 170 Å². The van der Waals surface area contributed by atoms with Crippen LogP contribution in [-0.4, -0.2) is 203 Å². The van der Waals surface area contributed by atoms with Gasteiger partial charge in [-0.1, -0.05) is 12.1 Å². The first-order valence-electron chi connectivity index (χ1n) is 23.4. The molecule has 3 aromatic carbocycles. The SMILES string of the molecule is CC(=O)OC1C(C)OC(Oc2cc(O)c3c(=O)c(OC4OC(COC5OC(C)C(O)C(OC6OCC(O)C(O)C6O)C5OC(=O)C=Cc5ccc(O)cc5)C(O)C(O)C4O)c(-c4ccc(O)cc4)oc3c2)C(O)C1O. The van der Waals surface area contributed by atoms with Gasteiger partial charge in [0, 0.05) is 30.7 Å². The summed E-state index contributed by atoms with van der Waals surface area (Å²) in [6.07, 6.45) is -29.7. The summed E-state index contributed by atoms with van der Waals surface area (Å²) in [6.45, 7) is 2.64. The number of hydrogen-bond acceptors (Lipinski definition) is 26. The van der Waals surface area contributed by atoms with Gasteiger partial charge in [-0.2, -0.15) is 0 Å². The maximum Gasteiger partial charge on any atom is 0.331 e. The molecule has 19 atom stereocenters. The van der Waals surface area contributed by atoms with Crippen molar-refractivity contribution in [3.05, 3.63) is 82.5 Å². The Morgan fingerprint density at radius 2 is 1.28 bits per heavy atom. The van der Waals surface area contributed by atoms with Crippen molar-refractivity contribution in [3.8, 4) is 40.1 Å². The van der Waals surface area contributed by atoms with E-state index in [0.717, 1.165) is 25.1 Å². The molecule has 0 spiro atoms. The molecule has 0 saturated carbocycles. The minimum Gasteiger partial charge on any atom is -0.508 e. The molecule has 4 saturated heterocycles. The third-order valence-corrected chi connectivity index (χ3v) is 12.8. The number of aliphatic hydroxyl groups excluding tert-OH is 9. The van der Waals surface area contributed by atoms with Gasteiger partial charge in [-0.25, -0.2) is 4.79 Å². The van der Waals surface area contributed by atoms with Crippen molar-refractivity contribution < 1.29 is 123 Å². The summed E-state index contributed by atoms with van der Waals surface area (Å²) >= 11 is 0. The Morgan fingerprint density at radius 3 is 1.96 bits per heavy atom. The third-order valence-electron chi connectivity index (χ3n) is 12.8. The molecule has 26 heteroatoms. The molecule has 0 radical (unpaired) electrons. The fourth-order valence-electron chi connectivity index (χ4n) is 8.66. The van der Waals surface area contributed by atoms with E-state index >= 15 is 0 Å². The first kappa shape index (κ1) is 55.2.